The second-order valence-corrected chi connectivity index (χ2v) is 5.81. The van der Waals surface area contributed by atoms with Gasteiger partial charge >= 0.3 is 0 Å². The van der Waals surface area contributed by atoms with E-state index in [4.69, 9.17) is 16.3 Å². The van der Waals surface area contributed by atoms with Crippen LogP contribution in [0.25, 0.3) is 0 Å². The van der Waals surface area contributed by atoms with Gasteiger partial charge in [0.05, 0.1) is 5.02 Å². The maximum Gasteiger partial charge on any atom is 0.261 e. The minimum absolute atomic E-state index is 0.0667. The number of nitrogens with one attached hydrogen (secondary N) is 2. The Balaban J connectivity index is 1.85. The Kier molecular flexibility index (Phi) is 6.33. The number of halogens is 1. The molecule has 116 valence electrons. The molecule has 0 saturated carbocycles. The molecule has 2 rings (SSSR count). The molecular formula is C16H23ClN2O2. The summed E-state index contributed by atoms with van der Waals surface area (Å²) in [4.78, 5) is 12.2. The molecule has 4 nitrogen and oxygen atoms in total. The van der Waals surface area contributed by atoms with Crippen LogP contribution in [-0.4, -0.2) is 31.6 Å². The highest BCUT2D eigenvalue weighted by molar-refractivity contribution is 6.32. The van der Waals surface area contributed by atoms with Crippen molar-refractivity contribution in [3.63, 3.8) is 0 Å². The number of benzene rings is 1. The van der Waals surface area contributed by atoms with E-state index in [0.717, 1.165) is 19.5 Å². The SMILES string of the molecule is CCC(Oc1ccccc1Cl)C(=O)NCC1CCCNC1. The van der Waals surface area contributed by atoms with E-state index in [0.29, 0.717) is 29.7 Å². The third-order valence-corrected chi connectivity index (χ3v) is 4.05. The Bertz CT molecular complexity index is 461. The van der Waals surface area contributed by atoms with Crippen molar-refractivity contribution < 1.29 is 9.53 Å². The number of hydrogen-bond acceptors (Lipinski definition) is 3. The predicted octanol–water partition coefficient (Wildman–Crippen LogP) is 2.61. The van der Waals surface area contributed by atoms with E-state index < -0.39 is 6.10 Å². The molecule has 0 aliphatic carbocycles. The van der Waals surface area contributed by atoms with Crippen molar-refractivity contribution in [3.8, 4) is 5.75 Å². The summed E-state index contributed by atoms with van der Waals surface area (Å²) in [6.07, 6.45) is 2.45. The third-order valence-electron chi connectivity index (χ3n) is 3.73. The highest BCUT2D eigenvalue weighted by atomic mass is 35.5. The lowest BCUT2D eigenvalue weighted by Crippen LogP contribution is -2.43. The maximum atomic E-state index is 12.2. The topological polar surface area (TPSA) is 50.4 Å². The molecule has 2 N–H and O–H groups in total. The van der Waals surface area contributed by atoms with Crippen LogP contribution in [0.2, 0.25) is 5.02 Å². The summed E-state index contributed by atoms with van der Waals surface area (Å²) in [5.74, 6) is 1.00. The zero-order chi connectivity index (χ0) is 15.1. The first-order valence-corrected chi connectivity index (χ1v) is 7.98. The zero-order valence-corrected chi connectivity index (χ0v) is 13.2. The number of carbonyl (C=O) groups is 1. The quantitative estimate of drug-likeness (QED) is 0.849. The molecule has 1 aliphatic rings. The number of carbonyl (C=O) groups excluding carboxylic acids is 1. The highest BCUT2D eigenvalue weighted by Gasteiger charge is 2.21. The first-order valence-electron chi connectivity index (χ1n) is 7.60. The van der Waals surface area contributed by atoms with Crippen LogP contribution in [0.4, 0.5) is 0 Å². The maximum absolute atomic E-state index is 12.2. The minimum atomic E-state index is -0.499. The largest absolute Gasteiger partial charge is 0.479 e. The van der Waals surface area contributed by atoms with E-state index in [-0.39, 0.29) is 5.91 Å². The van der Waals surface area contributed by atoms with Crippen molar-refractivity contribution in [3.05, 3.63) is 29.3 Å². The summed E-state index contributed by atoms with van der Waals surface area (Å²) in [6, 6.07) is 7.23. The van der Waals surface area contributed by atoms with Crippen LogP contribution in [0.3, 0.4) is 0 Å². The Morgan fingerprint density at radius 3 is 3.00 bits per heavy atom. The van der Waals surface area contributed by atoms with Crippen LogP contribution in [0.1, 0.15) is 26.2 Å². The molecule has 1 aromatic rings. The monoisotopic (exact) mass is 310 g/mol. The van der Waals surface area contributed by atoms with E-state index in [1.807, 2.05) is 19.1 Å². The Morgan fingerprint density at radius 2 is 2.33 bits per heavy atom. The molecule has 2 atom stereocenters. The van der Waals surface area contributed by atoms with Gasteiger partial charge in [-0.3, -0.25) is 4.79 Å². The second kappa shape index (κ2) is 8.25. The summed E-state index contributed by atoms with van der Waals surface area (Å²) >= 11 is 6.06. The fourth-order valence-corrected chi connectivity index (χ4v) is 2.65. The number of ether oxygens (including phenoxy) is 1. The molecule has 1 fully saturated rings. The summed E-state index contributed by atoms with van der Waals surface area (Å²) < 4.78 is 5.74. The average Bonchev–Trinajstić information content (AvgIpc) is 2.53. The molecular weight excluding hydrogens is 288 g/mol. The summed E-state index contributed by atoms with van der Waals surface area (Å²) in [5.41, 5.74) is 0. The van der Waals surface area contributed by atoms with Crippen LogP contribution in [0.15, 0.2) is 24.3 Å². The normalized spacial score (nSPS) is 19.8. The summed E-state index contributed by atoms with van der Waals surface area (Å²) in [6.45, 7) is 4.69. The molecule has 5 heteroatoms. The van der Waals surface area contributed by atoms with Crippen LogP contribution < -0.4 is 15.4 Å². The van der Waals surface area contributed by atoms with Gasteiger partial charge < -0.3 is 15.4 Å². The molecule has 1 aliphatic heterocycles. The molecule has 1 saturated heterocycles. The summed E-state index contributed by atoms with van der Waals surface area (Å²) in [5, 5.41) is 6.87. The van der Waals surface area contributed by atoms with Crippen LogP contribution in [0, 0.1) is 5.92 Å². The van der Waals surface area contributed by atoms with Gasteiger partial charge in [-0.25, -0.2) is 0 Å². The van der Waals surface area contributed by atoms with E-state index >= 15 is 0 Å². The fourth-order valence-electron chi connectivity index (χ4n) is 2.47. The van der Waals surface area contributed by atoms with Gasteiger partial charge in [0.25, 0.3) is 5.91 Å². The second-order valence-electron chi connectivity index (χ2n) is 5.40. The van der Waals surface area contributed by atoms with Crippen molar-refractivity contribution in [1.29, 1.82) is 0 Å². The van der Waals surface area contributed by atoms with Crippen LogP contribution in [0.5, 0.6) is 5.75 Å². The van der Waals surface area contributed by atoms with Crippen LogP contribution in [-0.2, 0) is 4.79 Å². The van der Waals surface area contributed by atoms with Gasteiger partial charge in [0.1, 0.15) is 5.75 Å². The van der Waals surface area contributed by atoms with Gasteiger partial charge in [-0.1, -0.05) is 30.7 Å². The molecule has 21 heavy (non-hydrogen) atoms. The number of rotatable bonds is 6. The fraction of sp³-hybridized carbons (Fsp3) is 0.562. The highest BCUT2D eigenvalue weighted by Crippen LogP contribution is 2.24. The number of para-hydroxylation sites is 1. The van der Waals surface area contributed by atoms with Gasteiger partial charge in [-0.05, 0) is 50.4 Å². The predicted molar refractivity (Wildman–Crippen MR) is 84.8 cm³/mol. The lowest BCUT2D eigenvalue weighted by Gasteiger charge is -2.24. The van der Waals surface area contributed by atoms with E-state index in [1.165, 1.54) is 6.42 Å². The van der Waals surface area contributed by atoms with Gasteiger partial charge in [0, 0.05) is 6.54 Å². The Morgan fingerprint density at radius 1 is 1.52 bits per heavy atom. The molecule has 0 radical (unpaired) electrons. The first-order chi connectivity index (χ1) is 10.2. The van der Waals surface area contributed by atoms with E-state index in [9.17, 15) is 4.79 Å². The number of amides is 1. The van der Waals surface area contributed by atoms with Crippen molar-refractivity contribution >= 4 is 17.5 Å². The van der Waals surface area contributed by atoms with Crippen molar-refractivity contribution in [2.24, 2.45) is 5.92 Å². The van der Waals surface area contributed by atoms with Gasteiger partial charge in [-0.2, -0.15) is 0 Å². The average molecular weight is 311 g/mol. The van der Waals surface area contributed by atoms with Crippen molar-refractivity contribution in [2.45, 2.75) is 32.3 Å². The molecule has 0 spiro atoms. The lowest BCUT2D eigenvalue weighted by molar-refractivity contribution is -0.128. The lowest BCUT2D eigenvalue weighted by atomic mass is 10.00. The van der Waals surface area contributed by atoms with E-state index in [1.54, 1.807) is 12.1 Å². The Labute approximate surface area is 131 Å². The van der Waals surface area contributed by atoms with Crippen molar-refractivity contribution in [2.75, 3.05) is 19.6 Å². The minimum Gasteiger partial charge on any atom is -0.479 e. The van der Waals surface area contributed by atoms with Gasteiger partial charge in [0.15, 0.2) is 6.10 Å². The number of hydrogen-bond donors (Lipinski definition) is 2. The molecule has 1 aromatic carbocycles. The van der Waals surface area contributed by atoms with Gasteiger partial charge in [0.2, 0.25) is 0 Å². The van der Waals surface area contributed by atoms with Crippen LogP contribution >= 0.6 is 11.6 Å². The Hall–Kier alpha value is -1.26. The first kappa shape index (κ1) is 16.1. The van der Waals surface area contributed by atoms with Gasteiger partial charge in [-0.15, -0.1) is 0 Å². The molecule has 2 unspecified atom stereocenters. The zero-order valence-electron chi connectivity index (χ0n) is 12.4. The molecule has 1 amide bonds. The molecule has 1 heterocycles. The third kappa shape index (κ3) is 4.90. The standard InChI is InChI=1S/C16H23ClN2O2/c1-2-14(21-15-8-4-3-7-13(15)17)16(20)19-11-12-6-5-9-18-10-12/h3-4,7-8,12,14,18H,2,5-6,9-11H2,1H3,(H,19,20). The molecule has 0 aromatic heterocycles. The summed E-state index contributed by atoms with van der Waals surface area (Å²) in [7, 11) is 0. The smallest absolute Gasteiger partial charge is 0.261 e. The van der Waals surface area contributed by atoms with Crippen molar-refractivity contribution in [1.82, 2.24) is 10.6 Å². The molecule has 0 bridgehead atoms. The number of piperidine rings is 1. The van der Waals surface area contributed by atoms with E-state index in [2.05, 4.69) is 10.6 Å².